The maximum atomic E-state index is 12.9. The lowest BCUT2D eigenvalue weighted by molar-refractivity contribution is 0.628. The Kier molecular flexibility index (Phi) is 6.80. The summed E-state index contributed by atoms with van der Waals surface area (Å²) in [6.45, 7) is 0. The minimum atomic E-state index is -0.485. The summed E-state index contributed by atoms with van der Waals surface area (Å²) >= 11 is 21.8. The van der Waals surface area contributed by atoms with Gasteiger partial charge in [-0.05, 0) is 53.0 Å². The van der Waals surface area contributed by atoms with Crippen LogP contribution in [0.5, 0.6) is 0 Å². The summed E-state index contributed by atoms with van der Waals surface area (Å²) in [6.07, 6.45) is 2.51. The Balaban J connectivity index is 0.000000219. The molecule has 2 heterocycles. The molecule has 0 aliphatic heterocycles. The van der Waals surface area contributed by atoms with Crippen molar-refractivity contribution in [2.75, 3.05) is 5.32 Å². The molecule has 0 amide bonds. The first-order valence-electron chi connectivity index (χ1n) is 6.00. The Morgan fingerprint density at radius 1 is 0.792 bits per heavy atom. The van der Waals surface area contributed by atoms with Gasteiger partial charge in [0.2, 0.25) is 21.8 Å². The van der Waals surface area contributed by atoms with Crippen LogP contribution in [0.1, 0.15) is 0 Å². The van der Waals surface area contributed by atoms with Crippen molar-refractivity contribution in [3.63, 3.8) is 0 Å². The fourth-order valence-corrected chi connectivity index (χ4v) is 1.89. The number of hydrogen-bond donors (Lipinski definition) is 1. The van der Waals surface area contributed by atoms with E-state index in [9.17, 15) is 4.39 Å². The highest BCUT2D eigenvalue weighted by Crippen LogP contribution is 2.21. The molecular weight excluding hydrogens is 403 g/mol. The second kappa shape index (κ2) is 8.84. The fourth-order valence-electron chi connectivity index (χ4n) is 1.30. The van der Waals surface area contributed by atoms with E-state index in [1.807, 2.05) is 0 Å². The van der Waals surface area contributed by atoms with E-state index >= 15 is 0 Å². The molecule has 3 aromatic rings. The van der Waals surface area contributed by atoms with E-state index in [0.29, 0.717) is 5.69 Å². The van der Waals surface area contributed by atoms with Crippen LogP contribution in [-0.4, -0.2) is 29.9 Å². The maximum Gasteiger partial charge on any atom is 0.231 e. The molecule has 0 atom stereocenters. The Morgan fingerprint density at radius 3 is 1.88 bits per heavy atom. The van der Waals surface area contributed by atoms with Gasteiger partial charge < -0.3 is 5.32 Å². The minimum Gasteiger partial charge on any atom is -0.324 e. The lowest BCUT2D eigenvalue weighted by Crippen LogP contribution is -1.98. The van der Waals surface area contributed by atoms with Crippen molar-refractivity contribution in [2.24, 2.45) is 0 Å². The Morgan fingerprint density at radius 2 is 1.38 bits per heavy atom. The lowest BCUT2D eigenvalue weighted by atomic mass is 10.3. The second-order valence-electron chi connectivity index (χ2n) is 3.86. The highest BCUT2D eigenvalue weighted by atomic mass is 35.5. The van der Waals surface area contributed by atoms with Crippen molar-refractivity contribution in [1.29, 1.82) is 0 Å². The lowest BCUT2D eigenvalue weighted by Gasteiger charge is -2.04. The standard InChI is InChI=1S/C9H5Cl2FN4.C3HCl2N3/c10-6-3-5(1-2-7(6)12)15-9-14-4-13-8(11)16-9;4-2-6-1-7-3(5)8-2/h1-4H,(H,13,14,15,16);1H. The van der Waals surface area contributed by atoms with Gasteiger partial charge in [-0.3, -0.25) is 0 Å². The highest BCUT2D eigenvalue weighted by molar-refractivity contribution is 6.31. The molecule has 7 nitrogen and oxygen atoms in total. The van der Waals surface area contributed by atoms with Gasteiger partial charge in [0.25, 0.3) is 0 Å². The van der Waals surface area contributed by atoms with Crippen molar-refractivity contribution in [3.05, 3.63) is 57.5 Å². The summed E-state index contributed by atoms with van der Waals surface area (Å²) in [7, 11) is 0. The molecule has 0 saturated heterocycles. The number of nitrogens with zero attached hydrogens (tertiary/aromatic N) is 6. The van der Waals surface area contributed by atoms with Crippen molar-refractivity contribution in [2.45, 2.75) is 0 Å². The number of benzene rings is 1. The van der Waals surface area contributed by atoms with Crippen LogP contribution in [0.4, 0.5) is 16.0 Å². The predicted octanol–water partition coefficient (Wildman–Crippen LogP) is 4.24. The third-order valence-electron chi connectivity index (χ3n) is 2.23. The van der Waals surface area contributed by atoms with Gasteiger partial charge in [0.1, 0.15) is 18.5 Å². The van der Waals surface area contributed by atoms with Crippen LogP contribution in [0.3, 0.4) is 0 Å². The summed E-state index contributed by atoms with van der Waals surface area (Å²) in [5, 5.41) is 3.14. The number of nitrogens with one attached hydrogen (secondary N) is 1. The largest absolute Gasteiger partial charge is 0.324 e. The molecule has 1 N–H and O–H groups in total. The van der Waals surface area contributed by atoms with Crippen LogP contribution in [-0.2, 0) is 0 Å². The van der Waals surface area contributed by atoms with Crippen LogP contribution in [0.2, 0.25) is 20.9 Å². The zero-order chi connectivity index (χ0) is 17.5. The molecule has 0 saturated carbocycles. The molecule has 0 aliphatic rings. The summed E-state index contributed by atoms with van der Waals surface area (Å²) in [6, 6.07) is 4.18. The van der Waals surface area contributed by atoms with Crippen molar-refractivity contribution in [1.82, 2.24) is 29.9 Å². The van der Waals surface area contributed by atoms with Crippen LogP contribution < -0.4 is 5.32 Å². The molecule has 24 heavy (non-hydrogen) atoms. The molecule has 2 aromatic heterocycles. The molecule has 0 fully saturated rings. The van der Waals surface area contributed by atoms with Gasteiger partial charge in [0.15, 0.2) is 0 Å². The third-order valence-corrected chi connectivity index (χ3v) is 3.07. The monoisotopic (exact) mass is 407 g/mol. The van der Waals surface area contributed by atoms with E-state index in [1.54, 1.807) is 0 Å². The first kappa shape index (κ1) is 18.5. The molecular formula is C12H6Cl4FN7. The minimum absolute atomic E-state index is 0.0187. The van der Waals surface area contributed by atoms with Gasteiger partial charge in [-0.1, -0.05) is 11.6 Å². The molecule has 124 valence electrons. The van der Waals surface area contributed by atoms with Gasteiger partial charge in [-0.15, -0.1) is 0 Å². The topological polar surface area (TPSA) is 89.4 Å². The maximum absolute atomic E-state index is 12.9. The van der Waals surface area contributed by atoms with Crippen molar-refractivity contribution >= 4 is 58.0 Å². The van der Waals surface area contributed by atoms with E-state index in [2.05, 4.69) is 35.2 Å². The van der Waals surface area contributed by atoms with Crippen LogP contribution in [0.25, 0.3) is 0 Å². The SMILES string of the molecule is Clc1ncnc(Cl)n1.Fc1ccc(Nc2ncnc(Cl)n2)cc1Cl. The number of anilines is 2. The number of aromatic nitrogens is 6. The summed E-state index contributed by atoms with van der Waals surface area (Å²) in [4.78, 5) is 21.8. The second-order valence-corrected chi connectivity index (χ2v) is 5.28. The van der Waals surface area contributed by atoms with Gasteiger partial charge >= 0.3 is 0 Å². The third kappa shape index (κ3) is 5.97. The first-order valence-corrected chi connectivity index (χ1v) is 7.52. The number of halogens is 5. The van der Waals surface area contributed by atoms with Gasteiger partial charge in [0, 0.05) is 5.69 Å². The average molecular weight is 409 g/mol. The van der Waals surface area contributed by atoms with Crippen LogP contribution in [0, 0.1) is 5.82 Å². The van der Waals surface area contributed by atoms with Crippen LogP contribution in [0.15, 0.2) is 30.9 Å². The van der Waals surface area contributed by atoms with Gasteiger partial charge in [-0.25, -0.2) is 24.3 Å². The zero-order valence-corrected chi connectivity index (χ0v) is 14.5. The molecule has 0 radical (unpaired) electrons. The summed E-state index contributed by atoms with van der Waals surface area (Å²) in [5.74, 6) is -0.219. The predicted molar refractivity (Wildman–Crippen MR) is 89.4 cm³/mol. The molecule has 0 spiro atoms. The van der Waals surface area contributed by atoms with Gasteiger partial charge in [-0.2, -0.15) is 9.97 Å². The normalized spacial score (nSPS) is 9.88. The van der Waals surface area contributed by atoms with Gasteiger partial charge in [0.05, 0.1) is 5.02 Å². The Labute approximate surface area is 155 Å². The smallest absolute Gasteiger partial charge is 0.231 e. The van der Waals surface area contributed by atoms with E-state index in [1.165, 1.54) is 30.9 Å². The highest BCUT2D eigenvalue weighted by Gasteiger charge is 2.03. The first-order chi connectivity index (χ1) is 11.4. The molecule has 12 heteroatoms. The van der Waals surface area contributed by atoms with Crippen LogP contribution >= 0.6 is 46.4 Å². The van der Waals surface area contributed by atoms with Crippen molar-refractivity contribution < 1.29 is 4.39 Å². The van der Waals surface area contributed by atoms with E-state index in [0.717, 1.165) is 0 Å². The number of rotatable bonds is 2. The Bertz CT molecular complexity index is 819. The number of hydrogen-bond acceptors (Lipinski definition) is 7. The molecule has 1 aromatic carbocycles. The summed E-state index contributed by atoms with van der Waals surface area (Å²) in [5.41, 5.74) is 0.564. The molecule has 0 bridgehead atoms. The molecule has 0 unspecified atom stereocenters. The molecule has 3 rings (SSSR count). The quantitative estimate of drug-likeness (QED) is 0.678. The molecule has 0 aliphatic carbocycles. The van der Waals surface area contributed by atoms with E-state index in [-0.39, 0.29) is 26.8 Å². The fraction of sp³-hybridized carbons (Fsp3) is 0. The van der Waals surface area contributed by atoms with E-state index < -0.39 is 5.82 Å². The van der Waals surface area contributed by atoms with Crippen molar-refractivity contribution in [3.8, 4) is 0 Å². The average Bonchev–Trinajstić information content (AvgIpc) is 2.51. The summed E-state index contributed by atoms with van der Waals surface area (Å²) < 4.78 is 12.9. The zero-order valence-electron chi connectivity index (χ0n) is 11.5. The van der Waals surface area contributed by atoms with E-state index in [4.69, 9.17) is 46.4 Å². The Hall–Kier alpha value is -1.87.